The van der Waals surface area contributed by atoms with E-state index in [9.17, 15) is 17.3 Å². The quantitative estimate of drug-likeness (QED) is 0.571. The van der Waals surface area contributed by atoms with E-state index < -0.39 is 7.25 Å². The minimum atomic E-state index is -6.00. The number of halogens is 4. The van der Waals surface area contributed by atoms with E-state index in [2.05, 4.69) is 36.2 Å². The standard InChI is InChI=1S/C12H13N.BF4/c1-2-5-11-9-8-10-6-3-4-7-12(10)13-11;2-1(3,4)5/h3-4,6-9H,2,5H2,1H3;/q;-1. The van der Waals surface area contributed by atoms with Crippen molar-refractivity contribution in [3.8, 4) is 0 Å². The lowest BCUT2D eigenvalue weighted by atomic mass is 10.1. The molecule has 0 aliphatic rings. The Balaban J connectivity index is 0.000000280. The molecule has 98 valence electrons. The maximum absolute atomic E-state index is 9.75. The van der Waals surface area contributed by atoms with Crippen molar-refractivity contribution in [3.63, 3.8) is 0 Å². The van der Waals surface area contributed by atoms with Crippen molar-refractivity contribution >= 4 is 18.2 Å². The Labute approximate surface area is 103 Å². The van der Waals surface area contributed by atoms with Crippen LogP contribution in [-0.2, 0) is 6.42 Å². The summed E-state index contributed by atoms with van der Waals surface area (Å²) in [6.45, 7) is 2.18. The van der Waals surface area contributed by atoms with Gasteiger partial charge in [0.15, 0.2) is 0 Å². The number of aryl methyl sites for hydroxylation is 1. The predicted molar refractivity (Wildman–Crippen MR) is 65.9 cm³/mol. The molecule has 1 heterocycles. The number of rotatable bonds is 2. The third kappa shape index (κ3) is 5.66. The Hall–Kier alpha value is -1.59. The van der Waals surface area contributed by atoms with Gasteiger partial charge in [-0.2, -0.15) is 0 Å². The fraction of sp³-hybridized carbons (Fsp3) is 0.250. The average molecular weight is 258 g/mol. The molecule has 1 nitrogen and oxygen atoms in total. The molecule has 0 aliphatic carbocycles. The van der Waals surface area contributed by atoms with Crippen molar-refractivity contribution in [3.05, 3.63) is 42.1 Å². The van der Waals surface area contributed by atoms with E-state index in [1.54, 1.807) is 0 Å². The average Bonchev–Trinajstić information content (AvgIpc) is 2.27. The van der Waals surface area contributed by atoms with Crippen LogP contribution in [0.5, 0.6) is 0 Å². The van der Waals surface area contributed by atoms with Crippen molar-refractivity contribution in [2.75, 3.05) is 0 Å². The zero-order chi connectivity index (χ0) is 13.6. The molecule has 0 aliphatic heterocycles. The number of para-hydroxylation sites is 1. The van der Waals surface area contributed by atoms with Gasteiger partial charge in [0.25, 0.3) is 0 Å². The zero-order valence-corrected chi connectivity index (χ0v) is 9.91. The van der Waals surface area contributed by atoms with Gasteiger partial charge in [-0.25, -0.2) is 0 Å². The Morgan fingerprint density at radius 1 is 1.00 bits per heavy atom. The second-order valence-corrected chi connectivity index (χ2v) is 3.74. The van der Waals surface area contributed by atoms with Gasteiger partial charge in [0, 0.05) is 11.1 Å². The fourth-order valence-corrected chi connectivity index (χ4v) is 1.50. The molecule has 1 aromatic heterocycles. The Morgan fingerprint density at radius 3 is 2.22 bits per heavy atom. The predicted octanol–water partition coefficient (Wildman–Crippen LogP) is 4.49. The summed E-state index contributed by atoms with van der Waals surface area (Å²) in [5.74, 6) is 0. The maximum atomic E-state index is 9.75. The number of fused-ring (bicyclic) bond motifs is 1. The molecular weight excluding hydrogens is 245 g/mol. The van der Waals surface area contributed by atoms with E-state index in [4.69, 9.17) is 0 Å². The molecule has 0 radical (unpaired) electrons. The first-order valence-electron chi connectivity index (χ1n) is 5.62. The fourth-order valence-electron chi connectivity index (χ4n) is 1.50. The molecule has 0 amide bonds. The molecule has 0 fully saturated rings. The van der Waals surface area contributed by atoms with Gasteiger partial charge in [-0.15, -0.1) is 0 Å². The molecule has 6 heteroatoms. The van der Waals surface area contributed by atoms with Crippen LogP contribution in [0.25, 0.3) is 10.9 Å². The van der Waals surface area contributed by atoms with Crippen molar-refractivity contribution in [1.29, 1.82) is 0 Å². The van der Waals surface area contributed by atoms with Crippen LogP contribution in [0.15, 0.2) is 36.4 Å². The lowest BCUT2D eigenvalue weighted by molar-refractivity contribution is 0.368. The van der Waals surface area contributed by atoms with Gasteiger partial charge >= 0.3 is 7.25 Å². The Kier molecular flexibility index (Phi) is 5.13. The maximum Gasteiger partial charge on any atom is 0.673 e. The van der Waals surface area contributed by atoms with E-state index in [1.165, 1.54) is 11.1 Å². The van der Waals surface area contributed by atoms with Gasteiger partial charge in [-0.05, 0) is 18.6 Å². The van der Waals surface area contributed by atoms with E-state index in [0.29, 0.717) is 0 Å². The molecular formula is C12H13BF4N-. The van der Waals surface area contributed by atoms with Crippen LogP contribution in [0.2, 0.25) is 0 Å². The monoisotopic (exact) mass is 258 g/mol. The van der Waals surface area contributed by atoms with Gasteiger partial charge in [-0.3, -0.25) is 4.98 Å². The molecule has 0 bridgehead atoms. The summed E-state index contributed by atoms with van der Waals surface area (Å²) in [4.78, 5) is 4.56. The Morgan fingerprint density at radius 2 is 1.61 bits per heavy atom. The van der Waals surface area contributed by atoms with Crippen molar-refractivity contribution in [2.45, 2.75) is 19.8 Å². The molecule has 0 saturated carbocycles. The summed E-state index contributed by atoms with van der Waals surface area (Å²) in [6, 6.07) is 12.5. The highest BCUT2D eigenvalue weighted by atomic mass is 19.5. The molecule has 0 N–H and O–H groups in total. The van der Waals surface area contributed by atoms with E-state index in [1.807, 2.05) is 12.1 Å². The zero-order valence-electron chi connectivity index (χ0n) is 9.91. The smallest absolute Gasteiger partial charge is 0.418 e. The second-order valence-electron chi connectivity index (χ2n) is 3.74. The molecule has 0 saturated heterocycles. The van der Waals surface area contributed by atoms with Crippen LogP contribution in [-0.4, -0.2) is 12.2 Å². The minimum Gasteiger partial charge on any atom is -0.418 e. The normalized spacial score (nSPS) is 10.9. The number of pyridine rings is 1. The largest absolute Gasteiger partial charge is 0.673 e. The first-order chi connectivity index (χ1) is 8.40. The third-order valence-corrected chi connectivity index (χ3v) is 2.16. The van der Waals surface area contributed by atoms with Gasteiger partial charge in [0.1, 0.15) is 0 Å². The number of aromatic nitrogens is 1. The van der Waals surface area contributed by atoms with Crippen LogP contribution in [0.4, 0.5) is 17.3 Å². The molecule has 2 rings (SSSR count). The first kappa shape index (κ1) is 14.5. The second kappa shape index (κ2) is 6.38. The first-order valence-corrected chi connectivity index (χ1v) is 5.62. The summed E-state index contributed by atoms with van der Waals surface area (Å²) in [5.41, 5.74) is 2.30. The van der Waals surface area contributed by atoms with Crippen LogP contribution in [0.1, 0.15) is 19.0 Å². The molecule has 1 aromatic carbocycles. The van der Waals surface area contributed by atoms with Crippen LogP contribution >= 0.6 is 0 Å². The molecule has 18 heavy (non-hydrogen) atoms. The van der Waals surface area contributed by atoms with Crippen molar-refractivity contribution in [1.82, 2.24) is 4.98 Å². The van der Waals surface area contributed by atoms with Gasteiger partial charge in [-0.1, -0.05) is 37.6 Å². The summed E-state index contributed by atoms with van der Waals surface area (Å²) in [5, 5.41) is 1.22. The van der Waals surface area contributed by atoms with Crippen LogP contribution < -0.4 is 0 Å². The lowest BCUT2D eigenvalue weighted by Crippen LogP contribution is -2.02. The van der Waals surface area contributed by atoms with E-state index in [-0.39, 0.29) is 0 Å². The van der Waals surface area contributed by atoms with Crippen molar-refractivity contribution < 1.29 is 17.3 Å². The SMILES string of the molecule is CCCc1ccc2ccccc2n1.F[B-](F)(F)F. The van der Waals surface area contributed by atoms with Gasteiger partial charge in [0.05, 0.1) is 5.52 Å². The number of hydrogen-bond donors (Lipinski definition) is 0. The van der Waals surface area contributed by atoms with Gasteiger partial charge < -0.3 is 17.3 Å². The lowest BCUT2D eigenvalue weighted by Gasteiger charge is -2.00. The molecule has 0 atom stereocenters. The van der Waals surface area contributed by atoms with E-state index >= 15 is 0 Å². The summed E-state index contributed by atoms with van der Waals surface area (Å²) in [6.07, 6.45) is 2.23. The number of benzene rings is 1. The molecule has 0 unspecified atom stereocenters. The van der Waals surface area contributed by atoms with Gasteiger partial charge in [0.2, 0.25) is 0 Å². The Bertz CT molecular complexity index is 493. The van der Waals surface area contributed by atoms with Crippen molar-refractivity contribution in [2.24, 2.45) is 0 Å². The highest BCUT2D eigenvalue weighted by molar-refractivity contribution is 6.50. The highest BCUT2D eigenvalue weighted by Crippen LogP contribution is 2.12. The van der Waals surface area contributed by atoms with E-state index in [0.717, 1.165) is 18.4 Å². The highest BCUT2D eigenvalue weighted by Gasteiger charge is 2.20. The number of hydrogen-bond acceptors (Lipinski definition) is 1. The van der Waals surface area contributed by atoms with Crippen LogP contribution in [0.3, 0.4) is 0 Å². The third-order valence-electron chi connectivity index (χ3n) is 2.16. The summed E-state index contributed by atoms with van der Waals surface area (Å²) < 4.78 is 39.0. The summed E-state index contributed by atoms with van der Waals surface area (Å²) in [7, 11) is -6.00. The molecule has 2 aromatic rings. The number of nitrogens with zero attached hydrogens (tertiary/aromatic N) is 1. The minimum absolute atomic E-state index is 1.07. The summed E-state index contributed by atoms with van der Waals surface area (Å²) >= 11 is 0. The topological polar surface area (TPSA) is 12.9 Å². The molecule has 0 spiro atoms. The van der Waals surface area contributed by atoms with Crippen LogP contribution in [0, 0.1) is 0 Å².